The van der Waals surface area contributed by atoms with Gasteiger partial charge in [-0.15, -0.1) is 0 Å². The van der Waals surface area contributed by atoms with Gasteiger partial charge in [-0.05, 0) is 50.5 Å². The highest BCUT2D eigenvalue weighted by Gasteiger charge is 2.27. The Morgan fingerprint density at radius 3 is 2.71 bits per heavy atom. The zero-order valence-electron chi connectivity index (χ0n) is 12.7. The van der Waals surface area contributed by atoms with E-state index in [1.807, 2.05) is 30.0 Å². The molecule has 0 bridgehead atoms. The minimum absolute atomic E-state index is 0.0544. The molecule has 1 aromatic rings. The van der Waals surface area contributed by atoms with Gasteiger partial charge in [0.05, 0.1) is 0 Å². The molecule has 0 N–H and O–H groups in total. The monoisotopic (exact) mass is 351 g/mol. The molecule has 1 aromatic carbocycles. The number of nitrogens with zero attached hydrogens (tertiary/aromatic N) is 1. The third-order valence-electron chi connectivity index (χ3n) is 4.07. The predicted octanol–water partition coefficient (Wildman–Crippen LogP) is 4.12. The second-order valence-electron chi connectivity index (χ2n) is 5.87. The molecule has 1 atom stereocenters. The first-order valence-electron chi connectivity index (χ1n) is 7.55. The lowest BCUT2D eigenvalue weighted by molar-refractivity contribution is -0.118. The SMILES string of the molecule is CC(=O)CC1CCCCCN1C(=O)c1ccc(Br)c(C)c1. The number of likely N-dealkylation sites (tertiary alicyclic amines) is 1. The molecule has 1 saturated heterocycles. The Bertz CT molecular complexity index is 542. The normalized spacial score (nSPS) is 19.2. The summed E-state index contributed by atoms with van der Waals surface area (Å²) in [4.78, 5) is 26.2. The smallest absolute Gasteiger partial charge is 0.254 e. The Morgan fingerprint density at radius 2 is 2.05 bits per heavy atom. The number of hydrogen-bond donors (Lipinski definition) is 0. The summed E-state index contributed by atoms with van der Waals surface area (Å²) in [5.74, 6) is 0.213. The van der Waals surface area contributed by atoms with Gasteiger partial charge in [-0.1, -0.05) is 28.8 Å². The molecule has 1 fully saturated rings. The van der Waals surface area contributed by atoms with Crippen molar-refractivity contribution in [2.45, 2.75) is 52.0 Å². The van der Waals surface area contributed by atoms with Crippen LogP contribution in [0.1, 0.15) is 54.9 Å². The van der Waals surface area contributed by atoms with Crippen LogP contribution in [0.3, 0.4) is 0 Å². The van der Waals surface area contributed by atoms with Crippen molar-refractivity contribution < 1.29 is 9.59 Å². The maximum Gasteiger partial charge on any atom is 0.254 e. The molecule has 1 aliphatic rings. The standard InChI is InChI=1S/C17H22BrNO2/c1-12-10-14(7-8-16(12)18)17(21)19-9-5-3-4-6-15(19)11-13(2)20/h7-8,10,15H,3-6,9,11H2,1-2H3. The van der Waals surface area contributed by atoms with Crippen molar-refractivity contribution in [3.8, 4) is 0 Å². The number of hydrogen-bond acceptors (Lipinski definition) is 2. The van der Waals surface area contributed by atoms with Crippen molar-refractivity contribution in [1.29, 1.82) is 0 Å². The quantitative estimate of drug-likeness (QED) is 0.821. The number of halogens is 1. The summed E-state index contributed by atoms with van der Waals surface area (Å²) in [7, 11) is 0. The molecule has 114 valence electrons. The lowest BCUT2D eigenvalue weighted by atomic mass is 10.0. The third-order valence-corrected chi connectivity index (χ3v) is 4.96. The van der Waals surface area contributed by atoms with Gasteiger partial charge in [-0.2, -0.15) is 0 Å². The van der Waals surface area contributed by atoms with Crippen LogP contribution in [0.5, 0.6) is 0 Å². The van der Waals surface area contributed by atoms with Crippen LogP contribution in [0.25, 0.3) is 0 Å². The average molecular weight is 352 g/mol. The molecule has 1 unspecified atom stereocenters. The molecule has 0 saturated carbocycles. The number of amides is 1. The fourth-order valence-corrected chi connectivity index (χ4v) is 3.18. The average Bonchev–Trinajstić information content (AvgIpc) is 2.66. The van der Waals surface area contributed by atoms with Crippen LogP contribution in [0.4, 0.5) is 0 Å². The summed E-state index contributed by atoms with van der Waals surface area (Å²) in [5.41, 5.74) is 1.77. The molecule has 1 heterocycles. The van der Waals surface area contributed by atoms with E-state index in [9.17, 15) is 9.59 Å². The molecule has 1 aliphatic heterocycles. The van der Waals surface area contributed by atoms with Gasteiger partial charge >= 0.3 is 0 Å². The Kier molecular flexibility index (Phi) is 5.57. The number of ketones is 1. The molecule has 4 heteroatoms. The number of aryl methyl sites for hydroxylation is 1. The van der Waals surface area contributed by atoms with E-state index in [1.54, 1.807) is 6.92 Å². The zero-order valence-corrected chi connectivity index (χ0v) is 14.3. The van der Waals surface area contributed by atoms with Crippen LogP contribution in [-0.4, -0.2) is 29.2 Å². The second-order valence-corrected chi connectivity index (χ2v) is 6.73. The summed E-state index contributed by atoms with van der Waals surface area (Å²) < 4.78 is 1.01. The highest BCUT2D eigenvalue weighted by Crippen LogP contribution is 2.24. The van der Waals surface area contributed by atoms with E-state index >= 15 is 0 Å². The highest BCUT2D eigenvalue weighted by atomic mass is 79.9. The van der Waals surface area contributed by atoms with Gasteiger partial charge in [0.2, 0.25) is 0 Å². The van der Waals surface area contributed by atoms with Gasteiger partial charge in [0.25, 0.3) is 5.91 Å². The van der Waals surface area contributed by atoms with Crippen LogP contribution in [0.15, 0.2) is 22.7 Å². The number of benzene rings is 1. The van der Waals surface area contributed by atoms with Crippen LogP contribution < -0.4 is 0 Å². The maximum atomic E-state index is 12.8. The topological polar surface area (TPSA) is 37.4 Å². The van der Waals surface area contributed by atoms with E-state index < -0.39 is 0 Å². The molecule has 0 aromatic heterocycles. The number of carbonyl (C=O) groups is 2. The van der Waals surface area contributed by atoms with Crippen molar-refractivity contribution in [1.82, 2.24) is 4.90 Å². The van der Waals surface area contributed by atoms with Crippen molar-refractivity contribution in [3.63, 3.8) is 0 Å². The van der Waals surface area contributed by atoms with Gasteiger partial charge < -0.3 is 4.90 Å². The summed E-state index contributed by atoms with van der Waals surface area (Å²) in [5, 5.41) is 0. The zero-order chi connectivity index (χ0) is 15.4. The molecular formula is C17H22BrNO2. The largest absolute Gasteiger partial charge is 0.335 e. The first-order chi connectivity index (χ1) is 9.99. The fraction of sp³-hybridized carbons (Fsp3) is 0.529. The molecule has 0 spiro atoms. The van der Waals surface area contributed by atoms with E-state index in [4.69, 9.17) is 0 Å². The van der Waals surface area contributed by atoms with Crippen molar-refractivity contribution in [3.05, 3.63) is 33.8 Å². The minimum Gasteiger partial charge on any atom is -0.335 e. The van der Waals surface area contributed by atoms with Crippen LogP contribution >= 0.6 is 15.9 Å². The van der Waals surface area contributed by atoms with E-state index in [0.717, 1.165) is 42.3 Å². The van der Waals surface area contributed by atoms with Gasteiger partial charge in [-0.25, -0.2) is 0 Å². The van der Waals surface area contributed by atoms with E-state index in [0.29, 0.717) is 12.0 Å². The Hall–Kier alpha value is -1.16. The number of rotatable bonds is 3. The number of carbonyl (C=O) groups excluding carboxylic acids is 2. The lowest BCUT2D eigenvalue weighted by Gasteiger charge is -2.29. The summed E-state index contributed by atoms with van der Waals surface area (Å²) >= 11 is 3.46. The molecule has 0 aliphatic carbocycles. The minimum atomic E-state index is 0.0544. The summed E-state index contributed by atoms with van der Waals surface area (Å²) in [6.07, 6.45) is 4.66. The van der Waals surface area contributed by atoms with Gasteiger partial charge in [0.15, 0.2) is 0 Å². The highest BCUT2D eigenvalue weighted by molar-refractivity contribution is 9.10. The van der Waals surface area contributed by atoms with Gasteiger partial charge in [-0.3, -0.25) is 9.59 Å². The lowest BCUT2D eigenvalue weighted by Crippen LogP contribution is -2.41. The van der Waals surface area contributed by atoms with Gasteiger partial charge in [0.1, 0.15) is 5.78 Å². The van der Waals surface area contributed by atoms with E-state index in [2.05, 4.69) is 15.9 Å². The predicted molar refractivity (Wildman–Crippen MR) is 87.5 cm³/mol. The Labute approximate surface area is 134 Å². The fourth-order valence-electron chi connectivity index (χ4n) is 2.93. The first kappa shape index (κ1) is 16.2. The molecule has 1 amide bonds. The molecule has 2 rings (SSSR count). The molecule has 0 radical (unpaired) electrons. The number of Topliss-reactive ketones (excluding diaryl/α,β-unsaturated/α-hetero) is 1. The van der Waals surface area contributed by atoms with E-state index in [1.165, 1.54) is 0 Å². The van der Waals surface area contributed by atoms with Crippen molar-refractivity contribution >= 4 is 27.6 Å². The molecular weight excluding hydrogens is 330 g/mol. The molecule has 21 heavy (non-hydrogen) atoms. The van der Waals surface area contributed by atoms with Crippen LogP contribution in [0, 0.1) is 6.92 Å². The van der Waals surface area contributed by atoms with Gasteiger partial charge in [0, 0.05) is 29.0 Å². The van der Waals surface area contributed by atoms with Crippen LogP contribution in [-0.2, 0) is 4.79 Å². The summed E-state index contributed by atoms with van der Waals surface area (Å²) in [6.45, 7) is 4.35. The van der Waals surface area contributed by atoms with Crippen molar-refractivity contribution in [2.75, 3.05) is 6.54 Å². The summed E-state index contributed by atoms with van der Waals surface area (Å²) in [6, 6.07) is 5.75. The van der Waals surface area contributed by atoms with Crippen molar-refractivity contribution in [2.24, 2.45) is 0 Å². The third kappa shape index (κ3) is 4.16. The second kappa shape index (κ2) is 7.21. The van der Waals surface area contributed by atoms with Crippen LogP contribution in [0.2, 0.25) is 0 Å². The van der Waals surface area contributed by atoms with E-state index in [-0.39, 0.29) is 17.7 Å². The molecule has 3 nitrogen and oxygen atoms in total. The first-order valence-corrected chi connectivity index (χ1v) is 8.35. The Balaban J connectivity index is 2.23. The Morgan fingerprint density at radius 1 is 1.29 bits per heavy atom. The maximum absolute atomic E-state index is 12.8.